The van der Waals surface area contributed by atoms with Gasteiger partial charge >= 0.3 is 18.3 Å². The Hall–Kier alpha value is -4.28. The van der Waals surface area contributed by atoms with Crippen LogP contribution in [-0.2, 0) is 22.3 Å². The smallest absolute Gasteiger partial charge is 0.436 e. The molecular formula is C25H25F3N4O4. The maximum absolute atomic E-state index is 13.0. The van der Waals surface area contributed by atoms with Crippen molar-refractivity contribution in [3.8, 4) is 0 Å². The Morgan fingerprint density at radius 3 is 2.50 bits per heavy atom. The number of aromatic nitrogens is 1. The number of alkyl halides is 3. The Bertz CT molecular complexity index is 1260. The normalized spacial score (nSPS) is 11.9. The summed E-state index contributed by atoms with van der Waals surface area (Å²) in [5, 5.41) is 2.67. The number of nitrogen functional groups attached to an aromatic ring is 1. The molecule has 0 radical (unpaired) electrons. The first-order valence-electron chi connectivity index (χ1n) is 10.8. The standard InChI is InChI=1S/C25H25F3N4O4/c1-24(2,3)36-23(34)32(22-31-20(15-35-22)25(26,27)28)14-17-8-6-7-16(13-17)11-12-21(33)30-19-10-5-4-9-18(19)29/h4-13,15H,14,29H2,1-3H3,(H,30,33). The Morgan fingerprint density at radius 1 is 1.14 bits per heavy atom. The summed E-state index contributed by atoms with van der Waals surface area (Å²) in [6.07, 6.45) is -2.39. The van der Waals surface area contributed by atoms with E-state index in [-0.39, 0.29) is 6.54 Å². The van der Waals surface area contributed by atoms with Crippen molar-refractivity contribution in [2.75, 3.05) is 16.0 Å². The van der Waals surface area contributed by atoms with Gasteiger partial charge in [0, 0.05) is 6.08 Å². The van der Waals surface area contributed by atoms with Crippen molar-refractivity contribution in [3.63, 3.8) is 0 Å². The minimum absolute atomic E-state index is 0.193. The number of carbonyl (C=O) groups excluding carboxylic acids is 2. The lowest BCUT2D eigenvalue weighted by Crippen LogP contribution is -2.36. The van der Waals surface area contributed by atoms with Crippen molar-refractivity contribution in [1.29, 1.82) is 0 Å². The molecule has 0 saturated heterocycles. The number of nitrogens with zero attached hydrogens (tertiary/aromatic N) is 2. The first kappa shape index (κ1) is 26.3. The second-order valence-corrected chi connectivity index (χ2v) is 8.73. The van der Waals surface area contributed by atoms with E-state index in [1.807, 2.05) is 0 Å². The fourth-order valence-electron chi connectivity index (χ4n) is 2.98. The Morgan fingerprint density at radius 2 is 1.86 bits per heavy atom. The van der Waals surface area contributed by atoms with Gasteiger partial charge < -0.3 is 20.2 Å². The highest BCUT2D eigenvalue weighted by atomic mass is 19.4. The average molecular weight is 502 g/mol. The summed E-state index contributed by atoms with van der Waals surface area (Å²) in [5.74, 6) is -0.409. The summed E-state index contributed by atoms with van der Waals surface area (Å²) in [7, 11) is 0. The average Bonchev–Trinajstić information content (AvgIpc) is 3.27. The van der Waals surface area contributed by atoms with Crippen LogP contribution >= 0.6 is 0 Å². The number of oxazole rings is 1. The van der Waals surface area contributed by atoms with E-state index >= 15 is 0 Å². The van der Waals surface area contributed by atoms with Crippen LogP contribution in [0, 0.1) is 0 Å². The molecule has 0 unspecified atom stereocenters. The molecule has 1 aromatic heterocycles. The van der Waals surface area contributed by atoms with Crippen molar-refractivity contribution in [2.24, 2.45) is 0 Å². The lowest BCUT2D eigenvalue weighted by Gasteiger charge is -2.25. The van der Waals surface area contributed by atoms with Crippen LogP contribution in [-0.4, -0.2) is 22.6 Å². The maximum Gasteiger partial charge on any atom is 0.436 e. The highest BCUT2D eigenvalue weighted by Crippen LogP contribution is 2.31. The molecule has 2 aromatic carbocycles. The molecule has 0 aliphatic rings. The molecule has 0 atom stereocenters. The van der Waals surface area contributed by atoms with Crippen LogP contribution in [0.5, 0.6) is 0 Å². The summed E-state index contributed by atoms with van der Waals surface area (Å²) in [6, 6.07) is 13.0. The highest BCUT2D eigenvalue weighted by Gasteiger charge is 2.37. The van der Waals surface area contributed by atoms with Gasteiger partial charge in [0.15, 0.2) is 5.69 Å². The molecule has 0 aliphatic carbocycles. The molecule has 3 N–H and O–H groups in total. The predicted molar refractivity (Wildman–Crippen MR) is 129 cm³/mol. The molecule has 3 aromatic rings. The number of anilines is 3. The zero-order chi connectivity index (χ0) is 26.5. The monoisotopic (exact) mass is 502 g/mol. The van der Waals surface area contributed by atoms with Crippen LogP contribution in [0.1, 0.15) is 37.6 Å². The second kappa shape index (κ2) is 10.5. The van der Waals surface area contributed by atoms with Gasteiger partial charge in [-0.25, -0.2) is 9.69 Å². The van der Waals surface area contributed by atoms with Crippen molar-refractivity contribution < 1.29 is 31.9 Å². The molecule has 11 heteroatoms. The molecule has 0 fully saturated rings. The van der Waals surface area contributed by atoms with Crippen LogP contribution < -0.4 is 16.0 Å². The molecule has 8 nitrogen and oxygen atoms in total. The van der Waals surface area contributed by atoms with E-state index in [1.165, 1.54) is 6.08 Å². The van der Waals surface area contributed by atoms with Gasteiger partial charge in [0.25, 0.3) is 0 Å². The molecule has 0 saturated carbocycles. The molecule has 0 spiro atoms. The van der Waals surface area contributed by atoms with Crippen LogP contribution in [0.3, 0.4) is 0 Å². The van der Waals surface area contributed by atoms with Gasteiger partial charge in [-0.05, 0) is 56.2 Å². The summed E-state index contributed by atoms with van der Waals surface area (Å²) >= 11 is 0. The van der Waals surface area contributed by atoms with Gasteiger partial charge in [-0.15, -0.1) is 0 Å². The lowest BCUT2D eigenvalue weighted by molar-refractivity contribution is -0.141. The van der Waals surface area contributed by atoms with E-state index in [1.54, 1.807) is 75.4 Å². The number of para-hydroxylation sites is 2. The third-order valence-corrected chi connectivity index (χ3v) is 4.56. The van der Waals surface area contributed by atoms with Crippen molar-refractivity contribution in [3.05, 3.63) is 77.7 Å². The van der Waals surface area contributed by atoms with Gasteiger partial charge in [0.1, 0.15) is 11.9 Å². The van der Waals surface area contributed by atoms with Crippen LogP contribution in [0.15, 0.2) is 65.3 Å². The second-order valence-electron chi connectivity index (χ2n) is 8.73. The number of nitrogens with one attached hydrogen (secondary N) is 1. The summed E-state index contributed by atoms with van der Waals surface area (Å²) in [4.78, 5) is 29.3. The quantitative estimate of drug-likeness (QED) is 0.322. The number of amides is 2. The third kappa shape index (κ3) is 7.36. The van der Waals surface area contributed by atoms with Crippen LogP contribution in [0.2, 0.25) is 0 Å². The minimum Gasteiger partial charge on any atom is -0.443 e. The Kier molecular flexibility index (Phi) is 7.71. The summed E-state index contributed by atoms with van der Waals surface area (Å²) < 4.78 is 49.3. The molecular weight excluding hydrogens is 477 g/mol. The topological polar surface area (TPSA) is 111 Å². The number of hydrogen-bond donors (Lipinski definition) is 2. The molecule has 2 amide bonds. The zero-order valence-electron chi connectivity index (χ0n) is 19.8. The zero-order valence-corrected chi connectivity index (χ0v) is 19.8. The number of hydrogen-bond acceptors (Lipinski definition) is 6. The van der Waals surface area contributed by atoms with E-state index in [0.29, 0.717) is 28.8 Å². The lowest BCUT2D eigenvalue weighted by atomic mass is 10.1. The number of halogens is 3. The molecule has 3 rings (SSSR count). The minimum atomic E-state index is -4.74. The number of nitrogens with two attached hydrogens (primary N) is 1. The highest BCUT2D eigenvalue weighted by molar-refractivity contribution is 6.03. The number of carbonyl (C=O) groups is 2. The van der Waals surface area contributed by atoms with Gasteiger partial charge in [-0.2, -0.15) is 18.2 Å². The van der Waals surface area contributed by atoms with Crippen LogP contribution in [0.4, 0.5) is 35.4 Å². The van der Waals surface area contributed by atoms with Gasteiger partial charge in [0.2, 0.25) is 5.91 Å². The third-order valence-electron chi connectivity index (χ3n) is 4.56. The first-order valence-corrected chi connectivity index (χ1v) is 10.8. The SMILES string of the molecule is CC(C)(C)OC(=O)N(Cc1cccc(C=CC(=O)Nc2ccccc2N)c1)c1nc(C(F)(F)F)co1. The maximum atomic E-state index is 13.0. The molecule has 1 heterocycles. The van der Waals surface area contributed by atoms with Gasteiger partial charge in [-0.1, -0.05) is 30.3 Å². The molecule has 0 aliphatic heterocycles. The Balaban J connectivity index is 1.80. The van der Waals surface area contributed by atoms with E-state index in [9.17, 15) is 22.8 Å². The predicted octanol–water partition coefficient (Wildman–Crippen LogP) is 5.87. The molecule has 0 bridgehead atoms. The number of ether oxygens (including phenoxy) is 1. The van der Waals surface area contributed by atoms with E-state index in [0.717, 1.165) is 4.90 Å². The number of benzene rings is 2. The van der Waals surface area contributed by atoms with Gasteiger partial charge in [-0.3, -0.25) is 4.79 Å². The van der Waals surface area contributed by atoms with Crippen molar-refractivity contribution in [2.45, 2.75) is 39.1 Å². The number of rotatable bonds is 6. The first-order chi connectivity index (χ1) is 16.8. The van der Waals surface area contributed by atoms with Crippen LogP contribution in [0.25, 0.3) is 6.08 Å². The van der Waals surface area contributed by atoms with E-state index in [2.05, 4.69) is 10.3 Å². The van der Waals surface area contributed by atoms with Gasteiger partial charge in [0.05, 0.1) is 17.9 Å². The molecule has 190 valence electrons. The van der Waals surface area contributed by atoms with Crippen molar-refractivity contribution in [1.82, 2.24) is 4.98 Å². The fourth-order valence-corrected chi connectivity index (χ4v) is 2.98. The van der Waals surface area contributed by atoms with E-state index in [4.69, 9.17) is 14.9 Å². The summed E-state index contributed by atoms with van der Waals surface area (Å²) in [6.45, 7) is 4.68. The summed E-state index contributed by atoms with van der Waals surface area (Å²) in [5.41, 5.74) is 5.67. The Labute approximate surface area is 205 Å². The largest absolute Gasteiger partial charge is 0.443 e. The fraction of sp³-hybridized carbons (Fsp3) is 0.240. The van der Waals surface area contributed by atoms with E-state index < -0.39 is 35.5 Å². The molecule has 36 heavy (non-hydrogen) atoms. The van der Waals surface area contributed by atoms with Crippen molar-refractivity contribution >= 4 is 35.5 Å².